The molecule has 3 heterocycles. The summed E-state index contributed by atoms with van der Waals surface area (Å²) in [6.45, 7) is 3.75. The van der Waals surface area contributed by atoms with Gasteiger partial charge in [0.2, 0.25) is 0 Å². The van der Waals surface area contributed by atoms with Crippen LogP contribution in [0.15, 0.2) is 35.1 Å². The zero-order valence-electron chi connectivity index (χ0n) is 14.0. The van der Waals surface area contributed by atoms with Crippen LogP contribution in [0.2, 0.25) is 0 Å². The van der Waals surface area contributed by atoms with E-state index in [1.807, 2.05) is 18.2 Å². The summed E-state index contributed by atoms with van der Waals surface area (Å²) in [4.78, 5) is 23.4. The van der Waals surface area contributed by atoms with Crippen LogP contribution in [0, 0.1) is 6.92 Å². The number of rotatable bonds is 3. The second-order valence-corrected chi connectivity index (χ2v) is 6.25. The fourth-order valence-electron chi connectivity index (χ4n) is 3.15. The van der Waals surface area contributed by atoms with Crippen LogP contribution in [0.5, 0.6) is 0 Å². The van der Waals surface area contributed by atoms with Gasteiger partial charge in [-0.3, -0.25) is 4.79 Å². The summed E-state index contributed by atoms with van der Waals surface area (Å²) in [6.07, 6.45) is 5.21. The van der Waals surface area contributed by atoms with Gasteiger partial charge < -0.3 is 14.7 Å². The van der Waals surface area contributed by atoms with Gasteiger partial charge in [-0.25, -0.2) is 9.97 Å². The van der Waals surface area contributed by atoms with Gasteiger partial charge in [0.1, 0.15) is 17.9 Å². The number of carbonyl (C=O) groups excluding carboxylic acids is 1. The van der Waals surface area contributed by atoms with Gasteiger partial charge in [0, 0.05) is 30.2 Å². The van der Waals surface area contributed by atoms with Crippen molar-refractivity contribution in [1.29, 1.82) is 0 Å². The summed E-state index contributed by atoms with van der Waals surface area (Å²) >= 11 is 0. The highest BCUT2D eigenvalue weighted by atomic mass is 16.5. The predicted molar refractivity (Wildman–Crippen MR) is 94.8 cm³/mol. The average molecular weight is 337 g/mol. The number of benzene rings is 1. The summed E-state index contributed by atoms with van der Waals surface area (Å²) in [5.41, 5.74) is 1.82. The minimum absolute atomic E-state index is 0.262. The van der Waals surface area contributed by atoms with E-state index in [1.165, 1.54) is 19.3 Å². The molecule has 25 heavy (non-hydrogen) atoms. The molecule has 4 rings (SSSR count). The second kappa shape index (κ2) is 6.51. The molecule has 0 atom stereocenters. The maximum absolute atomic E-state index is 12.3. The lowest BCUT2D eigenvalue weighted by atomic mass is 10.1. The summed E-state index contributed by atoms with van der Waals surface area (Å²) < 4.78 is 4.95. The first kappa shape index (κ1) is 15.6. The molecule has 1 aliphatic heterocycles. The summed E-state index contributed by atoms with van der Waals surface area (Å²) in [5.74, 6) is 1.23. The van der Waals surface area contributed by atoms with Gasteiger partial charge >= 0.3 is 0 Å². The van der Waals surface area contributed by atoms with Gasteiger partial charge in [-0.2, -0.15) is 0 Å². The fourth-order valence-corrected chi connectivity index (χ4v) is 3.15. The Morgan fingerprint density at radius 3 is 2.76 bits per heavy atom. The molecule has 1 amide bonds. The van der Waals surface area contributed by atoms with E-state index >= 15 is 0 Å². The molecule has 0 unspecified atom stereocenters. The molecule has 3 aromatic rings. The van der Waals surface area contributed by atoms with Crippen molar-refractivity contribution in [3.05, 3.63) is 42.0 Å². The number of fused-ring (bicyclic) bond motifs is 1. The van der Waals surface area contributed by atoms with Crippen LogP contribution in [0.4, 0.5) is 11.5 Å². The first-order valence-electron chi connectivity index (χ1n) is 8.45. The van der Waals surface area contributed by atoms with Crippen molar-refractivity contribution < 1.29 is 9.32 Å². The SMILES string of the molecule is Cc1cc(C(=O)Nc2ccc3ncnc(N4CCCCC4)c3c2)no1. The Labute approximate surface area is 145 Å². The van der Waals surface area contributed by atoms with Crippen molar-refractivity contribution >= 4 is 28.3 Å². The first-order valence-corrected chi connectivity index (χ1v) is 8.45. The topological polar surface area (TPSA) is 84.2 Å². The maximum Gasteiger partial charge on any atom is 0.277 e. The molecule has 0 bridgehead atoms. The van der Waals surface area contributed by atoms with Gasteiger partial charge in [0.15, 0.2) is 5.69 Å². The largest absolute Gasteiger partial charge is 0.361 e. The van der Waals surface area contributed by atoms with E-state index in [9.17, 15) is 4.79 Å². The van der Waals surface area contributed by atoms with E-state index in [-0.39, 0.29) is 11.6 Å². The standard InChI is InChI=1S/C18H19N5O2/c1-12-9-16(22-25-12)18(24)21-13-5-6-15-14(10-13)17(20-11-19-15)23-7-3-2-4-8-23/h5-6,9-11H,2-4,7-8H2,1H3,(H,21,24). The van der Waals surface area contributed by atoms with E-state index in [2.05, 4.69) is 25.3 Å². The molecule has 1 aromatic carbocycles. The number of aromatic nitrogens is 3. The molecule has 1 aliphatic rings. The molecule has 0 saturated carbocycles. The maximum atomic E-state index is 12.3. The minimum Gasteiger partial charge on any atom is -0.361 e. The van der Waals surface area contributed by atoms with Gasteiger partial charge in [-0.1, -0.05) is 5.16 Å². The van der Waals surface area contributed by atoms with E-state index in [1.54, 1.807) is 19.3 Å². The molecule has 0 aliphatic carbocycles. The zero-order chi connectivity index (χ0) is 17.2. The van der Waals surface area contributed by atoms with Crippen molar-refractivity contribution in [1.82, 2.24) is 15.1 Å². The van der Waals surface area contributed by atoms with Gasteiger partial charge in [0.25, 0.3) is 5.91 Å². The Balaban J connectivity index is 1.65. The highest BCUT2D eigenvalue weighted by Crippen LogP contribution is 2.28. The van der Waals surface area contributed by atoms with E-state index in [4.69, 9.17) is 4.52 Å². The third kappa shape index (κ3) is 3.17. The third-order valence-electron chi connectivity index (χ3n) is 4.39. The monoisotopic (exact) mass is 337 g/mol. The van der Waals surface area contributed by atoms with Crippen molar-refractivity contribution in [2.24, 2.45) is 0 Å². The first-order chi connectivity index (χ1) is 12.2. The van der Waals surface area contributed by atoms with Crippen molar-refractivity contribution in [2.75, 3.05) is 23.3 Å². The number of hydrogen-bond donors (Lipinski definition) is 1. The Morgan fingerprint density at radius 2 is 2.00 bits per heavy atom. The summed E-state index contributed by atoms with van der Waals surface area (Å²) in [7, 11) is 0. The molecule has 7 nitrogen and oxygen atoms in total. The third-order valence-corrected chi connectivity index (χ3v) is 4.39. The van der Waals surface area contributed by atoms with Gasteiger partial charge in [0.05, 0.1) is 5.52 Å². The Kier molecular flexibility index (Phi) is 4.05. The number of aryl methyl sites for hydroxylation is 1. The van der Waals surface area contributed by atoms with Crippen LogP contribution in [-0.2, 0) is 0 Å². The number of carbonyl (C=O) groups is 1. The zero-order valence-corrected chi connectivity index (χ0v) is 14.0. The van der Waals surface area contributed by atoms with E-state index in [0.29, 0.717) is 11.4 Å². The Hall–Kier alpha value is -2.96. The lowest BCUT2D eigenvalue weighted by molar-refractivity contribution is 0.101. The predicted octanol–water partition coefficient (Wildman–Crippen LogP) is 3.17. The Morgan fingerprint density at radius 1 is 1.16 bits per heavy atom. The lowest BCUT2D eigenvalue weighted by Crippen LogP contribution is -2.30. The number of hydrogen-bond acceptors (Lipinski definition) is 6. The fraction of sp³-hybridized carbons (Fsp3) is 0.333. The molecular formula is C18H19N5O2. The number of nitrogens with one attached hydrogen (secondary N) is 1. The highest BCUT2D eigenvalue weighted by molar-refractivity contribution is 6.04. The van der Waals surface area contributed by atoms with E-state index < -0.39 is 0 Å². The van der Waals surface area contributed by atoms with Crippen LogP contribution in [-0.4, -0.2) is 34.1 Å². The smallest absolute Gasteiger partial charge is 0.277 e. The molecule has 7 heteroatoms. The molecule has 0 spiro atoms. The molecule has 1 N–H and O–H groups in total. The van der Waals surface area contributed by atoms with Crippen LogP contribution >= 0.6 is 0 Å². The van der Waals surface area contributed by atoms with Crippen molar-refractivity contribution in [2.45, 2.75) is 26.2 Å². The normalized spacial score (nSPS) is 14.7. The van der Waals surface area contributed by atoms with Crippen LogP contribution in [0.25, 0.3) is 10.9 Å². The molecule has 0 radical (unpaired) electrons. The highest BCUT2D eigenvalue weighted by Gasteiger charge is 2.16. The molecule has 1 fully saturated rings. The summed E-state index contributed by atoms with van der Waals surface area (Å²) in [6, 6.07) is 7.26. The van der Waals surface area contributed by atoms with Crippen molar-refractivity contribution in [3.8, 4) is 0 Å². The van der Waals surface area contributed by atoms with Crippen LogP contribution < -0.4 is 10.2 Å². The van der Waals surface area contributed by atoms with Gasteiger partial charge in [-0.05, 0) is 44.4 Å². The quantitative estimate of drug-likeness (QED) is 0.790. The number of nitrogens with zero attached hydrogens (tertiary/aromatic N) is 4. The molecule has 2 aromatic heterocycles. The van der Waals surface area contributed by atoms with Crippen LogP contribution in [0.3, 0.4) is 0 Å². The van der Waals surface area contributed by atoms with Gasteiger partial charge in [-0.15, -0.1) is 0 Å². The molecule has 1 saturated heterocycles. The Bertz CT molecular complexity index is 915. The molecule has 128 valence electrons. The molecular weight excluding hydrogens is 318 g/mol. The minimum atomic E-state index is -0.299. The number of amides is 1. The average Bonchev–Trinajstić information content (AvgIpc) is 3.08. The summed E-state index contributed by atoms with van der Waals surface area (Å²) in [5, 5.41) is 7.55. The van der Waals surface area contributed by atoms with Crippen LogP contribution in [0.1, 0.15) is 35.5 Å². The van der Waals surface area contributed by atoms with E-state index in [0.717, 1.165) is 29.8 Å². The second-order valence-electron chi connectivity index (χ2n) is 6.25. The number of piperidine rings is 1. The lowest BCUT2D eigenvalue weighted by Gasteiger charge is -2.28. The van der Waals surface area contributed by atoms with Crippen molar-refractivity contribution in [3.63, 3.8) is 0 Å². The number of anilines is 2.